The average molecular weight is 155 g/mol. The number of nitrogens with one attached hydrogen (secondary N) is 1. The van der Waals surface area contributed by atoms with Gasteiger partial charge in [-0.3, -0.25) is 0 Å². The number of hydrogen-bond donors (Lipinski definition) is 1. The SMILES string of the molecule is CCC/C(C)=C\[C@@H](C)NCC. The van der Waals surface area contributed by atoms with E-state index in [1.807, 2.05) is 0 Å². The highest BCUT2D eigenvalue weighted by Gasteiger charge is 1.94. The topological polar surface area (TPSA) is 12.0 Å². The molecule has 0 fully saturated rings. The van der Waals surface area contributed by atoms with Crippen molar-refractivity contribution in [1.82, 2.24) is 5.32 Å². The summed E-state index contributed by atoms with van der Waals surface area (Å²) >= 11 is 0. The van der Waals surface area contributed by atoms with E-state index in [0.29, 0.717) is 6.04 Å². The van der Waals surface area contributed by atoms with E-state index in [9.17, 15) is 0 Å². The molecule has 0 spiro atoms. The van der Waals surface area contributed by atoms with Crippen LogP contribution in [0.15, 0.2) is 11.6 Å². The lowest BCUT2D eigenvalue weighted by atomic mass is 10.1. The standard InChI is InChI=1S/C10H21N/c1-5-7-9(3)8-10(4)11-6-2/h8,10-11H,5-7H2,1-4H3/b9-8-/t10-/m1/s1. The molecule has 0 unspecified atom stereocenters. The lowest BCUT2D eigenvalue weighted by Gasteiger charge is -2.08. The molecule has 1 heteroatoms. The first kappa shape index (κ1) is 10.7. The smallest absolute Gasteiger partial charge is 0.0224 e. The van der Waals surface area contributed by atoms with Crippen molar-refractivity contribution in [3.8, 4) is 0 Å². The summed E-state index contributed by atoms with van der Waals surface area (Å²) < 4.78 is 0. The molecular formula is C10H21N. The Morgan fingerprint density at radius 2 is 2.09 bits per heavy atom. The summed E-state index contributed by atoms with van der Waals surface area (Å²) in [6.45, 7) is 9.81. The Bertz CT molecular complexity index is 116. The summed E-state index contributed by atoms with van der Waals surface area (Å²) in [7, 11) is 0. The lowest BCUT2D eigenvalue weighted by Crippen LogP contribution is -2.23. The Morgan fingerprint density at radius 1 is 1.45 bits per heavy atom. The monoisotopic (exact) mass is 155 g/mol. The second-order valence-electron chi connectivity index (χ2n) is 3.11. The van der Waals surface area contributed by atoms with Crippen LogP contribution >= 0.6 is 0 Å². The molecule has 66 valence electrons. The Labute approximate surface area is 70.9 Å². The van der Waals surface area contributed by atoms with E-state index in [0.717, 1.165) is 6.54 Å². The summed E-state index contributed by atoms with van der Waals surface area (Å²) in [5.74, 6) is 0. The summed E-state index contributed by atoms with van der Waals surface area (Å²) in [5.41, 5.74) is 1.50. The third-order valence-electron chi connectivity index (χ3n) is 1.70. The predicted octanol–water partition coefficient (Wildman–Crippen LogP) is 2.73. The molecule has 0 bridgehead atoms. The van der Waals surface area contributed by atoms with Gasteiger partial charge < -0.3 is 5.32 Å². The summed E-state index contributed by atoms with van der Waals surface area (Å²) in [6.07, 6.45) is 4.80. The highest BCUT2D eigenvalue weighted by molar-refractivity contribution is 5.02. The fraction of sp³-hybridized carbons (Fsp3) is 0.800. The Kier molecular flexibility index (Phi) is 6.24. The molecule has 0 amide bonds. The fourth-order valence-electron chi connectivity index (χ4n) is 1.29. The predicted molar refractivity (Wildman–Crippen MR) is 51.8 cm³/mol. The van der Waals surface area contributed by atoms with Crippen molar-refractivity contribution in [2.24, 2.45) is 0 Å². The minimum absolute atomic E-state index is 0.534. The van der Waals surface area contributed by atoms with Gasteiger partial charge >= 0.3 is 0 Å². The van der Waals surface area contributed by atoms with Crippen LogP contribution in [-0.4, -0.2) is 12.6 Å². The third-order valence-corrected chi connectivity index (χ3v) is 1.70. The van der Waals surface area contributed by atoms with Gasteiger partial charge in [0.25, 0.3) is 0 Å². The molecule has 0 aromatic heterocycles. The van der Waals surface area contributed by atoms with E-state index in [1.165, 1.54) is 18.4 Å². The van der Waals surface area contributed by atoms with Gasteiger partial charge in [-0.05, 0) is 26.8 Å². The van der Waals surface area contributed by atoms with Crippen LogP contribution in [0, 0.1) is 0 Å². The maximum absolute atomic E-state index is 3.36. The van der Waals surface area contributed by atoms with Crippen molar-refractivity contribution in [1.29, 1.82) is 0 Å². The Hall–Kier alpha value is -0.300. The minimum atomic E-state index is 0.534. The van der Waals surface area contributed by atoms with E-state index < -0.39 is 0 Å². The largest absolute Gasteiger partial charge is 0.311 e. The van der Waals surface area contributed by atoms with Crippen LogP contribution in [0.25, 0.3) is 0 Å². The van der Waals surface area contributed by atoms with Gasteiger partial charge in [0.2, 0.25) is 0 Å². The first-order chi connectivity index (χ1) is 5.20. The van der Waals surface area contributed by atoms with Crippen LogP contribution < -0.4 is 5.32 Å². The van der Waals surface area contributed by atoms with E-state index in [1.54, 1.807) is 0 Å². The van der Waals surface area contributed by atoms with Crippen LogP contribution in [0.2, 0.25) is 0 Å². The molecule has 0 aromatic carbocycles. The van der Waals surface area contributed by atoms with Crippen molar-refractivity contribution in [2.45, 2.75) is 46.6 Å². The van der Waals surface area contributed by atoms with Gasteiger partial charge in [-0.1, -0.05) is 31.9 Å². The van der Waals surface area contributed by atoms with Crippen LogP contribution in [0.3, 0.4) is 0 Å². The van der Waals surface area contributed by atoms with Gasteiger partial charge in [-0.2, -0.15) is 0 Å². The Balaban J connectivity index is 3.66. The quantitative estimate of drug-likeness (QED) is 0.602. The summed E-state index contributed by atoms with van der Waals surface area (Å²) in [4.78, 5) is 0. The molecule has 11 heavy (non-hydrogen) atoms. The fourth-order valence-corrected chi connectivity index (χ4v) is 1.29. The van der Waals surface area contributed by atoms with Gasteiger partial charge in [0.05, 0.1) is 0 Å². The van der Waals surface area contributed by atoms with Crippen molar-refractivity contribution >= 4 is 0 Å². The van der Waals surface area contributed by atoms with Crippen LogP contribution in [0.1, 0.15) is 40.5 Å². The van der Waals surface area contributed by atoms with Crippen LogP contribution in [0.4, 0.5) is 0 Å². The maximum Gasteiger partial charge on any atom is 0.0224 e. The van der Waals surface area contributed by atoms with E-state index in [4.69, 9.17) is 0 Å². The van der Waals surface area contributed by atoms with Gasteiger partial charge in [0.1, 0.15) is 0 Å². The van der Waals surface area contributed by atoms with Crippen molar-refractivity contribution < 1.29 is 0 Å². The van der Waals surface area contributed by atoms with Crippen molar-refractivity contribution in [3.63, 3.8) is 0 Å². The molecule has 0 radical (unpaired) electrons. The zero-order valence-corrected chi connectivity index (χ0v) is 8.28. The highest BCUT2D eigenvalue weighted by atomic mass is 14.9. The van der Waals surface area contributed by atoms with Gasteiger partial charge in [0.15, 0.2) is 0 Å². The summed E-state index contributed by atoms with van der Waals surface area (Å²) in [5, 5.41) is 3.36. The molecule has 1 nitrogen and oxygen atoms in total. The minimum Gasteiger partial charge on any atom is -0.311 e. The van der Waals surface area contributed by atoms with E-state index >= 15 is 0 Å². The highest BCUT2D eigenvalue weighted by Crippen LogP contribution is 2.03. The molecule has 0 aliphatic heterocycles. The second-order valence-corrected chi connectivity index (χ2v) is 3.11. The van der Waals surface area contributed by atoms with Gasteiger partial charge in [-0.25, -0.2) is 0 Å². The number of likely N-dealkylation sites (N-methyl/N-ethyl adjacent to an activating group) is 1. The molecule has 0 saturated carbocycles. The zero-order chi connectivity index (χ0) is 8.69. The average Bonchev–Trinajstić information content (AvgIpc) is 1.87. The Morgan fingerprint density at radius 3 is 2.55 bits per heavy atom. The number of allylic oxidation sites excluding steroid dienone is 1. The third kappa shape index (κ3) is 6.11. The zero-order valence-electron chi connectivity index (χ0n) is 8.28. The second kappa shape index (κ2) is 6.41. The molecule has 0 saturated heterocycles. The molecule has 0 aliphatic rings. The molecule has 0 rings (SSSR count). The molecule has 0 aromatic rings. The molecule has 0 aliphatic carbocycles. The number of hydrogen-bond acceptors (Lipinski definition) is 1. The molecule has 1 atom stereocenters. The molecular weight excluding hydrogens is 134 g/mol. The van der Waals surface area contributed by atoms with E-state index in [-0.39, 0.29) is 0 Å². The van der Waals surface area contributed by atoms with Crippen molar-refractivity contribution in [3.05, 3.63) is 11.6 Å². The van der Waals surface area contributed by atoms with Gasteiger partial charge in [-0.15, -0.1) is 0 Å². The maximum atomic E-state index is 3.36. The summed E-state index contributed by atoms with van der Waals surface area (Å²) in [6, 6.07) is 0.534. The molecule has 0 heterocycles. The van der Waals surface area contributed by atoms with Crippen molar-refractivity contribution in [2.75, 3.05) is 6.54 Å². The molecule has 1 N–H and O–H groups in total. The van der Waals surface area contributed by atoms with Crippen LogP contribution in [0.5, 0.6) is 0 Å². The van der Waals surface area contributed by atoms with E-state index in [2.05, 4.69) is 39.1 Å². The van der Waals surface area contributed by atoms with Gasteiger partial charge in [0, 0.05) is 6.04 Å². The first-order valence-corrected chi connectivity index (χ1v) is 4.61. The first-order valence-electron chi connectivity index (χ1n) is 4.61. The normalized spacial score (nSPS) is 15.1. The van der Waals surface area contributed by atoms with Crippen LogP contribution in [-0.2, 0) is 0 Å². The lowest BCUT2D eigenvalue weighted by molar-refractivity contribution is 0.654. The number of rotatable bonds is 5.